The standard InChI is InChI=1S/C28H25N3O5/c1-27-10-11-28(36-27,12-14-35-22-15-18(34-2)9-13-30-22)24-23(27)25(32)31(26(24)33)21-8-7-17(16-29)19-5-3-4-6-20(19)21/h3-9,13,15,23-24H,10-12,14H2,1-2H3/t23-,24+,27-,28-/m0/s1. The molecule has 4 heterocycles. The Bertz CT molecular complexity index is 1450. The lowest BCUT2D eigenvalue weighted by Crippen LogP contribution is -2.43. The molecule has 1 aromatic heterocycles. The molecular formula is C28H25N3O5. The molecule has 182 valence electrons. The molecule has 2 amide bonds. The van der Waals surface area contributed by atoms with Gasteiger partial charge in [0, 0.05) is 29.5 Å². The largest absolute Gasteiger partial charge is 0.497 e. The number of fused-ring (bicyclic) bond motifs is 6. The van der Waals surface area contributed by atoms with Crippen LogP contribution in [0.1, 0.15) is 31.7 Å². The van der Waals surface area contributed by atoms with Crippen LogP contribution in [0.25, 0.3) is 10.8 Å². The maximum atomic E-state index is 13.9. The third-order valence-electron chi connectivity index (χ3n) is 7.99. The molecule has 0 radical (unpaired) electrons. The highest BCUT2D eigenvalue weighted by atomic mass is 16.5. The highest BCUT2D eigenvalue weighted by molar-refractivity contribution is 6.26. The number of anilines is 1. The van der Waals surface area contributed by atoms with Gasteiger partial charge in [-0.15, -0.1) is 0 Å². The minimum atomic E-state index is -0.776. The predicted octanol–water partition coefficient (Wildman–Crippen LogP) is 4.01. The van der Waals surface area contributed by atoms with E-state index in [1.165, 1.54) is 4.90 Å². The molecule has 2 bridgehead atoms. The molecule has 36 heavy (non-hydrogen) atoms. The summed E-state index contributed by atoms with van der Waals surface area (Å²) in [5.41, 5.74) is -0.460. The van der Waals surface area contributed by atoms with Crippen LogP contribution < -0.4 is 14.4 Å². The second-order valence-electron chi connectivity index (χ2n) is 9.87. The number of methoxy groups -OCH3 is 1. The third kappa shape index (κ3) is 3.12. The van der Waals surface area contributed by atoms with Crippen molar-refractivity contribution < 1.29 is 23.8 Å². The van der Waals surface area contributed by atoms with Crippen LogP contribution in [0.5, 0.6) is 11.6 Å². The number of hydrogen-bond acceptors (Lipinski definition) is 7. The molecule has 3 saturated heterocycles. The van der Waals surface area contributed by atoms with Gasteiger partial charge >= 0.3 is 0 Å². The van der Waals surface area contributed by atoms with Crippen LogP contribution in [-0.2, 0) is 14.3 Å². The normalized spacial score (nSPS) is 28.4. The summed E-state index contributed by atoms with van der Waals surface area (Å²) < 4.78 is 17.6. The number of rotatable bonds is 6. The predicted molar refractivity (Wildman–Crippen MR) is 130 cm³/mol. The van der Waals surface area contributed by atoms with Gasteiger partial charge in [-0.1, -0.05) is 24.3 Å². The number of amides is 2. The highest BCUT2D eigenvalue weighted by Gasteiger charge is 2.73. The summed E-state index contributed by atoms with van der Waals surface area (Å²) in [5, 5.41) is 11.0. The van der Waals surface area contributed by atoms with E-state index in [2.05, 4.69) is 11.1 Å². The Balaban J connectivity index is 1.32. The second kappa shape index (κ2) is 8.04. The molecule has 0 saturated carbocycles. The fraction of sp³-hybridized carbons (Fsp3) is 0.357. The lowest BCUT2D eigenvalue weighted by molar-refractivity contribution is -0.131. The molecule has 8 nitrogen and oxygen atoms in total. The molecule has 0 spiro atoms. The summed E-state index contributed by atoms with van der Waals surface area (Å²) in [7, 11) is 1.58. The van der Waals surface area contributed by atoms with Gasteiger partial charge in [-0.05, 0) is 38.0 Å². The summed E-state index contributed by atoms with van der Waals surface area (Å²) in [6.07, 6.45) is 3.46. The van der Waals surface area contributed by atoms with Crippen LogP contribution in [0, 0.1) is 23.2 Å². The van der Waals surface area contributed by atoms with Gasteiger partial charge in [-0.25, -0.2) is 9.88 Å². The molecule has 3 aromatic rings. The van der Waals surface area contributed by atoms with E-state index in [-0.39, 0.29) is 11.8 Å². The van der Waals surface area contributed by atoms with Crippen molar-refractivity contribution >= 4 is 28.3 Å². The van der Waals surface area contributed by atoms with Gasteiger partial charge in [0.2, 0.25) is 17.7 Å². The average Bonchev–Trinajstić information content (AvgIpc) is 3.48. The van der Waals surface area contributed by atoms with Crippen LogP contribution in [0.4, 0.5) is 5.69 Å². The summed E-state index contributed by atoms with van der Waals surface area (Å²) in [6.45, 7) is 2.23. The van der Waals surface area contributed by atoms with E-state index in [4.69, 9.17) is 14.2 Å². The van der Waals surface area contributed by atoms with Crippen molar-refractivity contribution in [3.05, 3.63) is 60.3 Å². The Morgan fingerprint density at radius 3 is 2.67 bits per heavy atom. The van der Waals surface area contributed by atoms with Gasteiger partial charge in [0.1, 0.15) is 5.75 Å². The minimum Gasteiger partial charge on any atom is -0.497 e. The first-order chi connectivity index (χ1) is 17.4. The summed E-state index contributed by atoms with van der Waals surface area (Å²) in [6, 6.07) is 16.4. The van der Waals surface area contributed by atoms with E-state index >= 15 is 0 Å². The number of nitrogens with zero attached hydrogens (tertiary/aromatic N) is 3. The Morgan fingerprint density at radius 1 is 1.11 bits per heavy atom. The van der Waals surface area contributed by atoms with Crippen molar-refractivity contribution in [1.82, 2.24) is 4.98 Å². The SMILES string of the molecule is COc1ccnc(OCC[C@]23CC[C@](C)(O2)[C@@H]2C(=O)N(c4ccc(C#N)c5ccccc45)C(=O)[C@@H]23)c1. The number of hydrogen-bond donors (Lipinski definition) is 0. The first-order valence-corrected chi connectivity index (χ1v) is 12.0. The first kappa shape index (κ1) is 22.5. The van der Waals surface area contributed by atoms with Crippen molar-refractivity contribution in [3.8, 4) is 17.7 Å². The average molecular weight is 484 g/mol. The van der Waals surface area contributed by atoms with E-state index in [1.54, 1.807) is 37.6 Å². The van der Waals surface area contributed by atoms with Crippen LogP contribution in [-0.4, -0.2) is 41.7 Å². The fourth-order valence-corrected chi connectivity index (χ4v) is 6.35. The lowest BCUT2D eigenvalue weighted by Gasteiger charge is -2.31. The number of pyridine rings is 1. The van der Waals surface area contributed by atoms with E-state index in [0.717, 1.165) is 5.39 Å². The number of imide groups is 1. The van der Waals surface area contributed by atoms with Crippen LogP contribution in [0.2, 0.25) is 0 Å². The smallest absolute Gasteiger partial charge is 0.240 e. The molecule has 8 heteroatoms. The van der Waals surface area contributed by atoms with Crippen LogP contribution in [0.3, 0.4) is 0 Å². The van der Waals surface area contributed by atoms with Crippen LogP contribution >= 0.6 is 0 Å². The minimum absolute atomic E-state index is 0.237. The molecule has 3 aliphatic heterocycles. The van der Waals surface area contributed by atoms with Gasteiger partial charge in [0.15, 0.2) is 0 Å². The molecular weight excluding hydrogens is 458 g/mol. The highest BCUT2D eigenvalue weighted by Crippen LogP contribution is 2.62. The van der Waals surface area contributed by atoms with E-state index in [9.17, 15) is 14.9 Å². The summed E-state index contributed by atoms with van der Waals surface area (Å²) in [4.78, 5) is 33.3. The van der Waals surface area contributed by atoms with Gasteiger partial charge in [0.25, 0.3) is 0 Å². The van der Waals surface area contributed by atoms with Gasteiger partial charge in [0.05, 0.1) is 54.1 Å². The van der Waals surface area contributed by atoms with Crippen molar-refractivity contribution in [3.63, 3.8) is 0 Å². The van der Waals surface area contributed by atoms with Gasteiger partial charge in [-0.3, -0.25) is 9.59 Å². The number of ether oxygens (including phenoxy) is 3. The van der Waals surface area contributed by atoms with Crippen molar-refractivity contribution in [2.45, 2.75) is 37.4 Å². The van der Waals surface area contributed by atoms with E-state index in [1.807, 2.05) is 31.2 Å². The second-order valence-corrected chi connectivity index (χ2v) is 9.87. The number of benzene rings is 2. The topological polar surface area (TPSA) is 102 Å². The number of nitriles is 1. The van der Waals surface area contributed by atoms with Gasteiger partial charge in [-0.2, -0.15) is 5.26 Å². The zero-order chi connectivity index (χ0) is 25.1. The van der Waals surface area contributed by atoms with E-state index < -0.39 is 23.0 Å². The summed E-state index contributed by atoms with van der Waals surface area (Å²) in [5.74, 6) is -0.545. The van der Waals surface area contributed by atoms with E-state index in [0.29, 0.717) is 54.1 Å². The van der Waals surface area contributed by atoms with Crippen molar-refractivity contribution in [2.75, 3.05) is 18.6 Å². The number of carbonyl (C=O) groups is 2. The maximum absolute atomic E-state index is 13.9. The number of carbonyl (C=O) groups excluding carboxylic acids is 2. The third-order valence-corrected chi connectivity index (χ3v) is 7.99. The number of aromatic nitrogens is 1. The zero-order valence-electron chi connectivity index (χ0n) is 20.1. The fourth-order valence-electron chi connectivity index (χ4n) is 6.35. The molecule has 4 atom stereocenters. The van der Waals surface area contributed by atoms with Gasteiger partial charge < -0.3 is 14.2 Å². The quantitative estimate of drug-likeness (QED) is 0.488. The monoisotopic (exact) mass is 483 g/mol. The molecule has 3 fully saturated rings. The Labute approximate surface area is 208 Å². The first-order valence-electron chi connectivity index (χ1n) is 12.0. The molecule has 0 unspecified atom stereocenters. The maximum Gasteiger partial charge on any atom is 0.240 e. The van der Waals surface area contributed by atoms with Crippen LogP contribution in [0.15, 0.2) is 54.7 Å². The van der Waals surface area contributed by atoms with Crippen molar-refractivity contribution in [2.24, 2.45) is 11.8 Å². The Kier molecular flexibility index (Phi) is 5.02. The Morgan fingerprint density at radius 2 is 1.89 bits per heavy atom. The van der Waals surface area contributed by atoms with Crippen molar-refractivity contribution in [1.29, 1.82) is 5.26 Å². The Hall–Kier alpha value is -3.96. The molecule has 2 aromatic carbocycles. The molecule has 3 aliphatic rings. The summed E-state index contributed by atoms with van der Waals surface area (Å²) >= 11 is 0. The molecule has 6 rings (SSSR count). The zero-order valence-corrected chi connectivity index (χ0v) is 20.1. The molecule has 0 aliphatic carbocycles. The molecule has 0 N–H and O–H groups in total. The lowest BCUT2D eigenvalue weighted by atomic mass is 9.67.